The first-order valence-corrected chi connectivity index (χ1v) is 4.80. The van der Waals surface area contributed by atoms with Crippen LogP contribution >= 0.6 is 0 Å². The van der Waals surface area contributed by atoms with E-state index in [1.165, 1.54) is 0 Å². The second-order valence-corrected chi connectivity index (χ2v) is 3.74. The van der Waals surface area contributed by atoms with Crippen LogP contribution in [0.15, 0.2) is 36.4 Å². The molecule has 0 aliphatic rings. The SMILES string of the molecule is Nc1ccc2[nH]c3ccc(N)cc3c2c1. The number of nitrogens with one attached hydrogen (secondary N) is 1. The molecule has 0 bridgehead atoms. The number of hydrogen-bond acceptors (Lipinski definition) is 2. The van der Waals surface area contributed by atoms with Gasteiger partial charge in [0.25, 0.3) is 0 Å². The van der Waals surface area contributed by atoms with E-state index >= 15 is 0 Å². The number of rotatable bonds is 0. The predicted molar refractivity (Wildman–Crippen MR) is 64.6 cm³/mol. The molecule has 1 heterocycles. The summed E-state index contributed by atoms with van der Waals surface area (Å²) in [6.45, 7) is 0. The summed E-state index contributed by atoms with van der Waals surface area (Å²) >= 11 is 0. The van der Waals surface area contributed by atoms with Crippen molar-refractivity contribution in [1.82, 2.24) is 4.98 Å². The van der Waals surface area contributed by atoms with E-state index in [-0.39, 0.29) is 0 Å². The zero-order valence-electron chi connectivity index (χ0n) is 8.12. The molecule has 15 heavy (non-hydrogen) atoms. The Morgan fingerprint density at radius 3 is 1.67 bits per heavy atom. The van der Waals surface area contributed by atoms with E-state index in [1.54, 1.807) is 0 Å². The van der Waals surface area contributed by atoms with Crippen molar-refractivity contribution >= 4 is 33.2 Å². The maximum atomic E-state index is 5.77. The fourth-order valence-electron chi connectivity index (χ4n) is 1.93. The van der Waals surface area contributed by atoms with Crippen molar-refractivity contribution in [2.45, 2.75) is 0 Å². The molecular formula is C12H11N3. The quantitative estimate of drug-likeness (QED) is 0.484. The fraction of sp³-hybridized carbons (Fsp3) is 0. The van der Waals surface area contributed by atoms with Gasteiger partial charge < -0.3 is 16.5 Å². The lowest BCUT2D eigenvalue weighted by atomic mass is 10.1. The van der Waals surface area contributed by atoms with Crippen LogP contribution in [0.25, 0.3) is 21.8 Å². The molecule has 0 atom stereocenters. The van der Waals surface area contributed by atoms with Crippen molar-refractivity contribution in [3.8, 4) is 0 Å². The predicted octanol–water partition coefficient (Wildman–Crippen LogP) is 2.49. The highest BCUT2D eigenvalue weighted by Gasteiger charge is 2.04. The fourth-order valence-corrected chi connectivity index (χ4v) is 1.93. The summed E-state index contributed by atoms with van der Waals surface area (Å²) in [5, 5.41) is 2.24. The van der Waals surface area contributed by atoms with Gasteiger partial charge in [-0.15, -0.1) is 0 Å². The van der Waals surface area contributed by atoms with Gasteiger partial charge in [-0.05, 0) is 36.4 Å². The number of nitrogen functional groups attached to an aromatic ring is 2. The molecular weight excluding hydrogens is 186 g/mol. The molecule has 3 aromatic rings. The Morgan fingerprint density at radius 2 is 1.20 bits per heavy atom. The topological polar surface area (TPSA) is 67.8 Å². The Bertz CT molecular complexity index is 596. The van der Waals surface area contributed by atoms with Crippen LogP contribution in [0.1, 0.15) is 0 Å². The highest BCUT2D eigenvalue weighted by molar-refractivity contribution is 6.09. The molecule has 0 saturated heterocycles. The maximum absolute atomic E-state index is 5.77. The van der Waals surface area contributed by atoms with Crippen molar-refractivity contribution < 1.29 is 0 Å². The number of hydrogen-bond donors (Lipinski definition) is 3. The minimum absolute atomic E-state index is 0.769. The molecule has 3 rings (SSSR count). The summed E-state index contributed by atoms with van der Waals surface area (Å²) < 4.78 is 0. The van der Waals surface area contributed by atoms with Gasteiger partial charge in [-0.2, -0.15) is 0 Å². The van der Waals surface area contributed by atoms with Crippen LogP contribution in [0.3, 0.4) is 0 Å². The standard InChI is InChI=1S/C12H11N3/c13-7-1-3-11-9(5-7)10-6-8(14)2-4-12(10)15-11/h1-6,15H,13-14H2. The molecule has 1 aromatic heterocycles. The normalized spacial score (nSPS) is 11.2. The zero-order chi connectivity index (χ0) is 10.4. The van der Waals surface area contributed by atoms with Crippen LogP contribution in [-0.4, -0.2) is 4.98 Å². The van der Waals surface area contributed by atoms with E-state index in [1.807, 2.05) is 36.4 Å². The summed E-state index contributed by atoms with van der Waals surface area (Å²) in [6, 6.07) is 11.7. The zero-order valence-corrected chi connectivity index (χ0v) is 8.12. The molecule has 5 N–H and O–H groups in total. The third-order valence-corrected chi connectivity index (χ3v) is 2.65. The van der Waals surface area contributed by atoms with Crippen LogP contribution in [0.2, 0.25) is 0 Å². The van der Waals surface area contributed by atoms with Crippen LogP contribution in [0, 0.1) is 0 Å². The largest absolute Gasteiger partial charge is 0.399 e. The number of H-pyrrole nitrogens is 1. The average molecular weight is 197 g/mol. The van der Waals surface area contributed by atoms with Gasteiger partial charge in [0.15, 0.2) is 0 Å². The molecule has 0 fully saturated rings. The molecule has 3 heteroatoms. The van der Waals surface area contributed by atoms with E-state index < -0.39 is 0 Å². The van der Waals surface area contributed by atoms with Crippen molar-refractivity contribution in [3.05, 3.63) is 36.4 Å². The number of nitrogens with two attached hydrogens (primary N) is 2. The van der Waals surface area contributed by atoms with Gasteiger partial charge in [0, 0.05) is 33.2 Å². The Hall–Kier alpha value is -2.16. The van der Waals surface area contributed by atoms with E-state index in [0.29, 0.717) is 0 Å². The lowest BCUT2D eigenvalue weighted by Gasteiger charge is -1.95. The molecule has 0 aliphatic carbocycles. The van der Waals surface area contributed by atoms with Crippen molar-refractivity contribution in [2.24, 2.45) is 0 Å². The monoisotopic (exact) mass is 197 g/mol. The average Bonchev–Trinajstić information content (AvgIpc) is 2.56. The molecule has 0 saturated carbocycles. The smallest absolute Gasteiger partial charge is 0.0466 e. The lowest BCUT2D eigenvalue weighted by Crippen LogP contribution is -1.83. The Kier molecular flexibility index (Phi) is 1.45. The van der Waals surface area contributed by atoms with Crippen LogP contribution in [0.4, 0.5) is 11.4 Å². The summed E-state index contributed by atoms with van der Waals surface area (Å²) in [7, 11) is 0. The van der Waals surface area contributed by atoms with Crippen molar-refractivity contribution in [2.75, 3.05) is 11.5 Å². The van der Waals surface area contributed by atoms with Gasteiger partial charge in [-0.3, -0.25) is 0 Å². The van der Waals surface area contributed by atoms with Crippen LogP contribution in [0.5, 0.6) is 0 Å². The highest BCUT2D eigenvalue weighted by Crippen LogP contribution is 2.28. The van der Waals surface area contributed by atoms with Crippen LogP contribution < -0.4 is 11.5 Å². The minimum atomic E-state index is 0.769. The van der Waals surface area contributed by atoms with Gasteiger partial charge >= 0.3 is 0 Å². The Balaban J connectivity index is 2.55. The number of fused-ring (bicyclic) bond motifs is 3. The second-order valence-electron chi connectivity index (χ2n) is 3.74. The number of aromatic amines is 1. The number of anilines is 2. The molecule has 74 valence electrons. The molecule has 0 spiro atoms. The molecule has 3 nitrogen and oxygen atoms in total. The molecule has 0 unspecified atom stereocenters. The van der Waals surface area contributed by atoms with Gasteiger partial charge in [-0.1, -0.05) is 0 Å². The third-order valence-electron chi connectivity index (χ3n) is 2.65. The van der Waals surface area contributed by atoms with Gasteiger partial charge in [0.1, 0.15) is 0 Å². The molecule has 0 aliphatic heterocycles. The second kappa shape index (κ2) is 2.67. The van der Waals surface area contributed by atoms with E-state index in [0.717, 1.165) is 33.2 Å². The van der Waals surface area contributed by atoms with E-state index in [4.69, 9.17) is 11.5 Å². The summed E-state index contributed by atoms with van der Waals surface area (Å²) in [6.07, 6.45) is 0. The summed E-state index contributed by atoms with van der Waals surface area (Å²) in [5.74, 6) is 0. The van der Waals surface area contributed by atoms with E-state index in [9.17, 15) is 0 Å². The number of aromatic nitrogens is 1. The molecule has 0 amide bonds. The lowest BCUT2D eigenvalue weighted by molar-refractivity contribution is 1.54. The summed E-state index contributed by atoms with van der Waals surface area (Å²) in [5.41, 5.74) is 15.2. The van der Waals surface area contributed by atoms with Crippen molar-refractivity contribution in [3.63, 3.8) is 0 Å². The molecule has 2 aromatic carbocycles. The first-order valence-electron chi connectivity index (χ1n) is 4.80. The minimum Gasteiger partial charge on any atom is -0.399 e. The van der Waals surface area contributed by atoms with Gasteiger partial charge in [0.2, 0.25) is 0 Å². The van der Waals surface area contributed by atoms with Gasteiger partial charge in [0.05, 0.1) is 0 Å². The maximum Gasteiger partial charge on any atom is 0.0466 e. The van der Waals surface area contributed by atoms with Crippen molar-refractivity contribution in [1.29, 1.82) is 0 Å². The first kappa shape index (κ1) is 8.17. The highest BCUT2D eigenvalue weighted by atomic mass is 14.7. The van der Waals surface area contributed by atoms with Crippen LogP contribution in [-0.2, 0) is 0 Å². The summed E-state index contributed by atoms with van der Waals surface area (Å²) in [4.78, 5) is 3.32. The Morgan fingerprint density at radius 1 is 0.733 bits per heavy atom. The van der Waals surface area contributed by atoms with E-state index in [2.05, 4.69) is 4.98 Å². The third kappa shape index (κ3) is 1.13. The van der Waals surface area contributed by atoms with Gasteiger partial charge in [-0.25, -0.2) is 0 Å². The number of benzene rings is 2. The first-order chi connectivity index (χ1) is 7.24. The Labute approximate surface area is 86.7 Å². The molecule has 0 radical (unpaired) electrons.